The number of ether oxygens (including phenoxy) is 1. The van der Waals surface area contributed by atoms with Crippen LogP contribution < -0.4 is 9.64 Å². The van der Waals surface area contributed by atoms with E-state index in [1.807, 2.05) is 12.4 Å². The Morgan fingerprint density at radius 3 is 2.22 bits per heavy atom. The molecule has 36 heavy (non-hydrogen) atoms. The van der Waals surface area contributed by atoms with Gasteiger partial charge in [0.15, 0.2) is 27.2 Å². The van der Waals surface area contributed by atoms with E-state index in [2.05, 4.69) is 28.7 Å². The highest BCUT2D eigenvalue weighted by atomic mass is 32.2. The first kappa shape index (κ1) is 24.6. The van der Waals surface area contributed by atoms with Gasteiger partial charge in [-0.25, -0.2) is 27.2 Å². The molecule has 3 atom stereocenters. The molecule has 2 aromatic carbocycles. The number of hydrogen-bond acceptors (Lipinski definition) is 6. The van der Waals surface area contributed by atoms with Gasteiger partial charge in [0.2, 0.25) is 5.95 Å². The zero-order chi connectivity index (χ0) is 25.7. The molecular weight excluding hydrogens is 484 g/mol. The maximum absolute atomic E-state index is 14.8. The summed E-state index contributed by atoms with van der Waals surface area (Å²) in [4.78, 5) is 11.3. The molecule has 0 bridgehead atoms. The van der Waals surface area contributed by atoms with Crippen LogP contribution in [0.1, 0.15) is 26.3 Å². The van der Waals surface area contributed by atoms with Crippen LogP contribution in [0.15, 0.2) is 53.7 Å². The Balaban J connectivity index is 1.23. The van der Waals surface area contributed by atoms with E-state index in [4.69, 9.17) is 4.74 Å². The Labute approximate surface area is 210 Å². The fourth-order valence-electron chi connectivity index (χ4n) is 5.26. The van der Waals surface area contributed by atoms with Crippen LogP contribution in [0.3, 0.4) is 0 Å². The molecular formula is C27H29F2N3O3S. The van der Waals surface area contributed by atoms with Crippen molar-refractivity contribution in [3.8, 4) is 16.9 Å². The van der Waals surface area contributed by atoms with Crippen molar-refractivity contribution in [1.82, 2.24) is 9.97 Å². The van der Waals surface area contributed by atoms with E-state index >= 15 is 0 Å². The maximum Gasteiger partial charge on any atom is 0.225 e. The molecule has 1 aromatic heterocycles. The van der Waals surface area contributed by atoms with Crippen LogP contribution >= 0.6 is 0 Å². The van der Waals surface area contributed by atoms with Crippen molar-refractivity contribution in [2.24, 2.45) is 17.3 Å². The van der Waals surface area contributed by atoms with Crippen LogP contribution in [0.25, 0.3) is 11.1 Å². The molecule has 1 aliphatic carbocycles. The molecule has 3 aromatic rings. The fourth-order valence-corrected chi connectivity index (χ4v) is 6.14. The lowest BCUT2D eigenvalue weighted by Crippen LogP contribution is -2.29. The van der Waals surface area contributed by atoms with Crippen molar-refractivity contribution in [1.29, 1.82) is 0 Å². The summed E-state index contributed by atoms with van der Waals surface area (Å²) in [7, 11) is -3.34. The van der Waals surface area contributed by atoms with E-state index < -0.39 is 21.5 Å². The minimum atomic E-state index is -3.34. The van der Waals surface area contributed by atoms with Crippen LogP contribution in [-0.4, -0.2) is 43.8 Å². The SMILES string of the molecule is CCc1cnc(N2CC3[C@@H](COc4c(F)cc(-c5ccc(S(=O)(=O)CC)cc5)cc4F)[C@]3(C)C2)nc1. The summed E-state index contributed by atoms with van der Waals surface area (Å²) in [5, 5.41) is 0. The zero-order valence-electron chi connectivity index (χ0n) is 20.5. The van der Waals surface area contributed by atoms with Crippen molar-refractivity contribution in [3.05, 3.63) is 66.0 Å². The predicted octanol–water partition coefficient (Wildman–Crippen LogP) is 4.93. The first-order chi connectivity index (χ1) is 17.2. The number of hydrogen-bond donors (Lipinski definition) is 0. The second-order valence-corrected chi connectivity index (χ2v) is 12.1. The van der Waals surface area contributed by atoms with Crippen LogP contribution in [-0.2, 0) is 16.3 Å². The van der Waals surface area contributed by atoms with E-state index in [-0.39, 0.29) is 34.3 Å². The van der Waals surface area contributed by atoms with E-state index in [9.17, 15) is 17.2 Å². The molecule has 5 rings (SSSR count). The third-order valence-electron chi connectivity index (χ3n) is 7.73. The summed E-state index contributed by atoms with van der Waals surface area (Å²) >= 11 is 0. The molecule has 6 nitrogen and oxygen atoms in total. The van der Waals surface area contributed by atoms with Crippen molar-refractivity contribution in [2.75, 3.05) is 30.3 Å². The van der Waals surface area contributed by atoms with E-state index in [1.165, 1.54) is 24.3 Å². The number of rotatable bonds is 8. The topological polar surface area (TPSA) is 72.4 Å². The van der Waals surface area contributed by atoms with Gasteiger partial charge in [-0.05, 0) is 58.7 Å². The normalized spacial score (nSPS) is 23.0. The lowest BCUT2D eigenvalue weighted by Gasteiger charge is -2.22. The Morgan fingerprint density at radius 1 is 1.06 bits per heavy atom. The van der Waals surface area contributed by atoms with E-state index in [0.29, 0.717) is 23.0 Å². The number of nitrogens with zero attached hydrogens (tertiary/aromatic N) is 3. The molecule has 1 saturated carbocycles. The van der Waals surface area contributed by atoms with Crippen molar-refractivity contribution < 1.29 is 21.9 Å². The van der Waals surface area contributed by atoms with Crippen LogP contribution in [0, 0.1) is 28.9 Å². The van der Waals surface area contributed by atoms with Gasteiger partial charge in [0.25, 0.3) is 0 Å². The highest BCUT2D eigenvalue weighted by molar-refractivity contribution is 7.91. The molecule has 9 heteroatoms. The second kappa shape index (κ2) is 9.10. The summed E-state index contributed by atoms with van der Waals surface area (Å²) in [5.41, 5.74) is 1.93. The maximum atomic E-state index is 14.8. The fraction of sp³-hybridized carbons (Fsp3) is 0.407. The summed E-state index contributed by atoms with van der Waals surface area (Å²) in [5.74, 6) is -0.679. The second-order valence-electron chi connectivity index (χ2n) is 9.85. The van der Waals surface area contributed by atoms with Gasteiger partial charge < -0.3 is 9.64 Å². The van der Waals surface area contributed by atoms with Gasteiger partial charge in [-0.1, -0.05) is 32.9 Å². The molecule has 1 saturated heterocycles. The largest absolute Gasteiger partial charge is 0.487 e. The van der Waals surface area contributed by atoms with Gasteiger partial charge in [-0.2, -0.15) is 0 Å². The number of sulfone groups is 1. The minimum absolute atomic E-state index is 0.000250. The number of anilines is 1. The molecule has 0 N–H and O–H groups in total. The van der Waals surface area contributed by atoms with Crippen molar-refractivity contribution in [3.63, 3.8) is 0 Å². The van der Waals surface area contributed by atoms with Gasteiger partial charge in [-0.15, -0.1) is 0 Å². The first-order valence-electron chi connectivity index (χ1n) is 12.2. The number of aryl methyl sites for hydroxylation is 1. The lowest BCUT2D eigenvalue weighted by atomic mass is 10.1. The number of halogens is 2. The Bertz CT molecular complexity index is 1360. The molecule has 0 spiro atoms. The highest BCUT2D eigenvalue weighted by Gasteiger charge is 2.66. The minimum Gasteiger partial charge on any atom is -0.487 e. The third-order valence-corrected chi connectivity index (χ3v) is 9.48. The van der Waals surface area contributed by atoms with Crippen LogP contribution in [0.2, 0.25) is 0 Å². The highest BCUT2D eigenvalue weighted by Crippen LogP contribution is 2.63. The zero-order valence-corrected chi connectivity index (χ0v) is 21.4. The van der Waals surface area contributed by atoms with Gasteiger partial charge in [0.1, 0.15) is 0 Å². The Morgan fingerprint density at radius 2 is 1.69 bits per heavy atom. The number of piperidine rings is 1. The average Bonchev–Trinajstić information content (AvgIpc) is 3.24. The predicted molar refractivity (Wildman–Crippen MR) is 134 cm³/mol. The quantitative estimate of drug-likeness (QED) is 0.425. The number of aromatic nitrogens is 2. The monoisotopic (exact) mass is 513 g/mol. The van der Waals surface area contributed by atoms with Crippen LogP contribution in [0.5, 0.6) is 5.75 Å². The molecule has 0 amide bonds. The van der Waals surface area contributed by atoms with Gasteiger partial charge >= 0.3 is 0 Å². The summed E-state index contributed by atoms with van der Waals surface area (Å²) in [6.07, 6.45) is 4.60. The first-order valence-corrected chi connectivity index (χ1v) is 13.8. The van der Waals surface area contributed by atoms with Crippen molar-refractivity contribution >= 4 is 15.8 Å². The summed E-state index contributed by atoms with van der Waals surface area (Å²) in [6, 6.07) is 8.44. The smallest absolute Gasteiger partial charge is 0.225 e. The molecule has 1 unspecified atom stereocenters. The molecule has 2 aliphatic rings. The van der Waals surface area contributed by atoms with E-state index in [1.54, 1.807) is 19.1 Å². The standard InChI is InChI=1S/C27H29F2N3O3S/c1-4-17-12-30-26(31-13-17)32-14-21-22(27(21,3)16-32)15-35-25-23(28)10-19(11-24(25)29)18-6-8-20(9-7-18)36(33,34)5-2/h6-13,21-22H,4-5,14-16H2,1-3H3/t21?,22-,27-/m1/s1. The molecule has 0 radical (unpaired) electrons. The number of fused-ring (bicyclic) bond motifs is 1. The molecule has 2 heterocycles. The lowest BCUT2D eigenvalue weighted by molar-refractivity contribution is 0.247. The van der Waals surface area contributed by atoms with Crippen LogP contribution in [0.4, 0.5) is 14.7 Å². The number of benzene rings is 2. The molecule has 2 fully saturated rings. The summed E-state index contributed by atoms with van der Waals surface area (Å²) < 4.78 is 59.3. The molecule has 1 aliphatic heterocycles. The van der Waals surface area contributed by atoms with Crippen molar-refractivity contribution in [2.45, 2.75) is 32.1 Å². The average molecular weight is 514 g/mol. The Kier molecular flexibility index (Phi) is 6.22. The van der Waals surface area contributed by atoms with E-state index in [0.717, 1.165) is 25.1 Å². The van der Waals surface area contributed by atoms with Gasteiger partial charge in [-0.3, -0.25) is 0 Å². The summed E-state index contributed by atoms with van der Waals surface area (Å²) in [6.45, 7) is 7.62. The van der Waals surface area contributed by atoms with Gasteiger partial charge in [0, 0.05) is 31.4 Å². The molecule has 190 valence electrons. The third kappa shape index (κ3) is 4.34. The van der Waals surface area contributed by atoms with Gasteiger partial charge in [0.05, 0.1) is 17.3 Å². The Hall–Kier alpha value is -3.07.